The minimum atomic E-state index is -5.53. The summed E-state index contributed by atoms with van der Waals surface area (Å²) in [6, 6.07) is 12.9. The molecule has 0 saturated carbocycles. The Morgan fingerprint density at radius 1 is 0.810 bits per heavy atom. The Balaban J connectivity index is 2.45. The molecule has 1 atom stereocenters. The zero-order valence-corrected chi connectivity index (χ0v) is 10.6. The van der Waals surface area contributed by atoms with Crippen LogP contribution >= 0.6 is 0 Å². The third kappa shape index (κ3) is 2.61. The van der Waals surface area contributed by atoms with Crippen LogP contribution in [0.3, 0.4) is 0 Å². The molecule has 0 bridgehead atoms. The fourth-order valence-electron chi connectivity index (χ4n) is 1.93. The van der Waals surface area contributed by atoms with Gasteiger partial charge in [0, 0.05) is 5.56 Å². The van der Waals surface area contributed by atoms with Gasteiger partial charge in [0.25, 0.3) is 0 Å². The van der Waals surface area contributed by atoms with Crippen LogP contribution in [-0.4, -0.2) is 17.3 Å². The summed E-state index contributed by atoms with van der Waals surface area (Å²) in [6.07, 6.45) is -5.53. The van der Waals surface area contributed by atoms with Gasteiger partial charge in [-0.15, -0.1) is 0 Å². The number of aliphatic carboxylic acids is 1. The number of rotatable bonds is 3. The number of alkyl halides is 4. The number of carbonyl (C=O) groups is 1. The maximum Gasteiger partial charge on any atom is 0.437 e. The van der Waals surface area contributed by atoms with Crippen LogP contribution in [0.5, 0.6) is 0 Å². The van der Waals surface area contributed by atoms with E-state index in [9.17, 15) is 22.4 Å². The van der Waals surface area contributed by atoms with Crippen molar-refractivity contribution in [1.29, 1.82) is 0 Å². The Bertz CT molecular complexity index is 635. The largest absolute Gasteiger partial charge is 0.478 e. The zero-order chi connectivity index (χ0) is 15.7. The van der Waals surface area contributed by atoms with Crippen molar-refractivity contribution in [1.82, 2.24) is 0 Å². The van der Waals surface area contributed by atoms with Gasteiger partial charge in [0.2, 0.25) is 0 Å². The quantitative estimate of drug-likeness (QED) is 0.864. The third-order valence-electron chi connectivity index (χ3n) is 3.08. The molecule has 2 aromatic rings. The number of carboxylic acids is 1. The molecule has 0 aliphatic rings. The molecule has 0 unspecified atom stereocenters. The van der Waals surface area contributed by atoms with E-state index in [-0.39, 0.29) is 0 Å². The smallest absolute Gasteiger partial charge is 0.437 e. The van der Waals surface area contributed by atoms with Gasteiger partial charge in [0.15, 0.2) is 0 Å². The molecule has 2 rings (SSSR count). The predicted molar refractivity (Wildman–Crippen MR) is 68.4 cm³/mol. The second kappa shape index (κ2) is 5.20. The molecule has 2 aromatic carbocycles. The molecule has 0 spiro atoms. The fraction of sp³-hybridized carbons (Fsp3) is 0.133. The molecule has 0 fully saturated rings. The highest BCUT2D eigenvalue weighted by molar-refractivity contribution is 5.81. The first-order valence-electron chi connectivity index (χ1n) is 5.92. The van der Waals surface area contributed by atoms with E-state index < -0.39 is 23.4 Å². The molecule has 21 heavy (non-hydrogen) atoms. The van der Waals surface area contributed by atoms with Gasteiger partial charge < -0.3 is 5.11 Å². The van der Waals surface area contributed by atoms with E-state index in [0.29, 0.717) is 5.56 Å². The van der Waals surface area contributed by atoms with E-state index >= 15 is 0 Å². The van der Waals surface area contributed by atoms with E-state index in [0.717, 1.165) is 17.7 Å². The standard InChI is InChI=1S/C15H10F4O2/c16-14(13(20)21,15(17,18)19)12-8-6-11(7-9-12)10-4-2-1-3-5-10/h1-9H,(H,20,21)/t14-/m1/s1. The van der Waals surface area contributed by atoms with Gasteiger partial charge >= 0.3 is 17.8 Å². The number of hydrogen-bond acceptors (Lipinski definition) is 1. The lowest BCUT2D eigenvalue weighted by atomic mass is 9.93. The molecule has 0 saturated heterocycles. The van der Waals surface area contributed by atoms with Crippen LogP contribution in [0.25, 0.3) is 11.1 Å². The van der Waals surface area contributed by atoms with Crippen molar-refractivity contribution in [2.75, 3.05) is 0 Å². The molecular weight excluding hydrogens is 288 g/mol. The van der Waals surface area contributed by atoms with Crippen LogP contribution in [0.4, 0.5) is 17.6 Å². The molecule has 110 valence electrons. The first-order valence-corrected chi connectivity index (χ1v) is 5.92. The fourth-order valence-corrected chi connectivity index (χ4v) is 1.93. The predicted octanol–water partition coefficient (Wildman–Crippen LogP) is 4.17. The Morgan fingerprint density at radius 3 is 1.71 bits per heavy atom. The molecule has 0 aliphatic heterocycles. The summed E-state index contributed by atoms with van der Waals surface area (Å²) in [5, 5.41) is 8.61. The molecule has 0 heterocycles. The topological polar surface area (TPSA) is 37.3 Å². The Hall–Kier alpha value is -2.37. The van der Waals surface area contributed by atoms with E-state index in [4.69, 9.17) is 5.11 Å². The molecule has 6 heteroatoms. The SMILES string of the molecule is O=C(O)[C@](F)(c1ccc(-c2ccccc2)cc1)C(F)(F)F. The summed E-state index contributed by atoms with van der Waals surface area (Å²) in [4.78, 5) is 10.7. The summed E-state index contributed by atoms with van der Waals surface area (Å²) in [5.74, 6) is -2.58. The van der Waals surface area contributed by atoms with Crippen molar-refractivity contribution >= 4 is 5.97 Å². The van der Waals surface area contributed by atoms with Gasteiger partial charge in [-0.3, -0.25) is 0 Å². The monoisotopic (exact) mass is 298 g/mol. The summed E-state index contributed by atoms with van der Waals surface area (Å²) in [6.45, 7) is 0. The third-order valence-corrected chi connectivity index (χ3v) is 3.08. The lowest BCUT2D eigenvalue weighted by Gasteiger charge is -2.24. The number of benzene rings is 2. The van der Waals surface area contributed by atoms with E-state index in [1.807, 2.05) is 0 Å². The molecular formula is C15H10F4O2. The van der Waals surface area contributed by atoms with E-state index in [1.165, 1.54) is 12.1 Å². The zero-order valence-electron chi connectivity index (χ0n) is 10.6. The van der Waals surface area contributed by atoms with Gasteiger partial charge in [0.1, 0.15) is 0 Å². The summed E-state index contributed by atoms with van der Waals surface area (Å²) in [7, 11) is 0. The Morgan fingerprint density at radius 2 is 1.29 bits per heavy atom. The first-order chi connectivity index (χ1) is 9.76. The lowest BCUT2D eigenvalue weighted by Crippen LogP contribution is -2.45. The second-order valence-corrected chi connectivity index (χ2v) is 4.40. The van der Waals surface area contributed by atoms with Gasteiger partial charge in [-0.25, -0.2) is 9.18 Å². The molecule has 0 aliphatic carbocycles. The van der Waals surface area contributed by atoms with Crippen LogP contribution in [0.1, 0.15) is 5.56 Å². The minimum Gasteiger partial charge on any atom is -0.478 e. The van der Waals surface area contributed by atoms with Gasteiger partial charge in [0.05, 0.1) is 0 Å². The van der Waals surface area contributed by atoms with Gasteiger partial charge in [-0.2, -0.15) is 13.2 Å². The Labute approximate surface area is 117 Å². The summed E-state index contributed by atoms with van der Waals surface area (Å²) < 4.78 is 52.1. The average molecular weight is 298 g/mol. The normalized spacial score (nSPS) is 14.5. The molecule has 1 N–H and O–H groups in total. The number of carboxylic acid groups (broad SMARTS) is 1. The van der Waals surface area contributed by atoms with Gasteiger partial charge in [-0.05, 0) is 11.1 Å². The average Bonchev–Trinajstić information content (AvgIpc) is 2.46. The molecule has 2 nitrogen and oxygen atoms in total. The maximum atomic E-state index is 14.0. The van der Waals surface area contributed by atoms with E-state index in [1.54, 1.807) is 30.3 Å². The Kier molecular flexibility index (Phi) is 3.72. The van der Waals surface area contributed by atoms with Crippen molar-refractivity contribution in [2.45, 2.75) is 11.8 Å². The highest BCUT2D eigenvalue weighted by atomic mass is 19.4. The second-order valence-electron chi connectivity index (χ2n) is 4.40. The first kappa shape index (κ1) is 15.0. The number of halogens is 4. The maximum absolute atomic E-state index is 14.0. The highest BCUT2D eigenvalue weighted by Gasteiger charge is 2.63. The van der Waals surface area contributed by atoms with Crippen LogP contribution in [0.2, 0.25) is 0 Å². The molecule has 0 radical (unpaired) electrons. The van der Waals surface area contributed by atoms with Crippen LogP contribution in [0, 0.1) is 0 Å². The van der Waals surface area contributed by atoms with Crippen LogP contribution in [0.15, 0.2) is 54.6 Å². The van der Waals surface area contributed by atoms with E-state index in [2.05, 4.69) is 0 Å². The highest BCUT2D eigenvalue weighted by Crippen LogP contribution is 2.43. The minimum absolute atomic E-state index is 0.564. The van der Waals surface area contributed by atoms with Crippen molar-refractivity contribution in [2.24, 2.45) is 0 Å². The van der Waals surface area contributed by atoms with Crippen molar-refractivity contribution < 1.29 is 27.5 Å². The lowest BCUT2D eigenvalue weighted by molar-refractivity contribution is -0.240. The van der Waals surface area contributed by atoms with Crippen molar-refractivity contribution in [3.05, 3.63) is 60.2 Å². The van der Waals surface area contributed by atoms with Gasteiger partial charge in [-0.1, -0.05) is 54.6 Å². The molecule has 0 amide bonds. The van der Waals surface area contributed by atoms with Crippen molar-refractivity contribution in [3.8, 4) is 11.1 Å². The summed E-state index contributed by atoms with van der Waals surface area (Å²) in [5.41, 5.74) is -4.07. The van der Waals surface area contributed by atoms with Crippen molar-refractivity contribution in [3.63, 3.8) is 0 Å². The summed E-state index contributed by atoms with van der Waals surface area (Å²) >= 11 is 0. The molecule has 0 aromatic heterocycles. The van der Waals surface area contributed by atoms with Crippen LogP contribution in [-0.2, 0) is 10.5 Å². The van der Waals surface area contributed by atoms with Crippen LogP contribution < -0.4 is 0 Å². The number of hydrogen-bond donors (Lipinski definition) is 1.